The van der Waals surface area contributed by atoms with Gasteiger partial charge in [0.15, 0.2) is 0 Å². The Morgan fingerprint density at radius 2 is 1.86 bits per heavy atom. The molecule has 0 amide bonds. The first-order valence-electron chi connectivity index (χ1n) is 3.83. The lowest BCUT2D eigenvalue weighted by molar-refractivity contribution is -0.0892. The van der Waals surface area contributed by atoms with Crippen molar-refractivity contribution in [3.05, 3.63) is 24.3 Å². The summed E-state index contributed by atoms with van der Waals surface area (Å²) in [7, 11) is 2.96. The number of benzene rings is 1. The van der Waals surface area contributed by atoms with E-state index < -0.39 is 5.85 Å². The summed E-state index contributed by atoms with van der Waals surface area (Å²) in [6, 6.07) is 6.03. The summed E-state index contributed by atoms with van der Waals surface area (Å²) in [5.74, 6) is 2.28. The quantitative estimate of drug-likeness (QED) is 0.479. The average molecular weight is 220 g/mol. The van der Waals surface area contributed by atoms with E-state index in [2.05, 4.69) is 4.74 Å². The number of halogens is 2. The van der Waals surface area contributed by atoms with Crippen molar-refractivity contribution in [1.29, 1.82) is 0 Å². The zero-order chi connectivity index (χ0) is 10.8. The Bertz CT molecular complexity index is 297. The Balaban J connectivity index is 2.74. The summed E-state index contributed by atoms with van der Waals surface area (Å²) in [4.78, 5) is 0. The molecule has 0 saturated heterocycles. The number of nitrogens with two attached hydrogens (primary N) is 1. The van der Waals surface area contributed by atoms with E-state index in [9.17, 15) is 8.78 Å². The fourth-order valence-corrected chi connectivity index (χ4v) is 1.04. The lowest BCUT2D eigenvalue weighted by Gasteiger charge is -2.15. The molecule has 0 aliphatic carbocycles. The molecular formula is C8H11F2N2OP. The summed E-state index contributed by atoms with van der Waals surface area (Å²) < 4.78 is 29.1. The zero-order valence-electron chi connectivity index (χ0n) is 7.58. The van der Waals surface area contributed by atoms with Crippen LogP contribution < -0.4 is 15.6 Å². The van der Waals surface area contributed by atoms with Gasteiger partial charge in [0.05, 0.1) is 5.69 Å². The number of hydrazine groups is 1. The molecule has 3 nitrogen and oxygen atoms in total. The smallest absolute Gasteiger partial charge is 0.408 e. The first kappa shape index (κ1) is 11.1. The largest absolute Gasteiger partial charge is 0.430 e. The van der Waals surface area contributed by atoms with Gasteiger partial charge in [-0.15, -0.1) is 0 Å². The van der Waals surface area contributed by atoms with Crippen LogP contribution in [0.4, 0.5) is 14.5 Å². The molecule has 1 aromatic carbocycles. The highest BCUT2D eigenvalue weighted by atomic mass is 31.0. The van der Waals surface area contributed by atoms with E-state index in [1.165, 1.54) is 26.4 Å². The SMILES string of the molecule is CN(N)c1ccc(OC(F)(F)P)cc1. The minimum Gasteiger partial charge on any atom is -0.430 e. The second-order valence-corrected chi connectivity index (χ2v) is 3.44. The van der Waals surface area contributed by atoms with Crippen molar-refractivity contribution in [2.45, 2.75) is 5.85 Å². The fraction of sp³-hybridized carbons (Fsp3) is 0.250. The summed E-state index contributed by atoms with van der Waals surface area (Å²) in [5, 5.41) is 1.38. The van der Waals surface area contributed by atoms with Gasteiger partial charge in [-0.3, -0.25) is 0 Å². The number of anilines is 1. The molecule has 1 atom stereocenters. The van der Waals surface area contributed by atoms with Crippen LogP contribution in [0.2, 0.25) is 0 Å². The van der Waals surface area contributed by atoms with Crippen LogP contribution in [0.25, 0.3) is 0 Å². The van der Waals surface area contributed by atoms with Gasteiger partial charge < -0.3 is 9.75 Å². The number of hydrogen-bond donors (Lipinski definition) is 1. The Morgan fingerprint density at radius 1 is 1.36 bits per heavy atom. The molecular weight excluding hydrogens is 209 g/mol. The van der Waals surface area contributed by atoms with Crippen LogP contribution in [0.3, 0.4) is 0 Å². The molecule has 0 heterocycles. The summed E-state index contributed by atoms with van der Waals surface area (Å²) in [5.41, 5.74) is 0.712. The van der Waals surface area contributed by atoms with Crippen LogP contribution in [0.1, 0.15) is 0 Å². The molecule has 1 rings (SSSR count). The van der Waals surface area contributed by atoms with Crippen molar-refractivity contribution in [2.75, 3.05) is 12.1 Å². The Morgan fingerprint density at radius 3 is 2.21 bits per heavy atom. The first-order valence-corrected chi connectivity index (χ1v) is 4.40. The van der Waals surface area contributed by atoms with Gasteiger partial charge in [-0.1, -0.05) is 0 Å². The molecule has 0 radical (unpaired) electrons. The van der Waals surface area contributed by atoms with E-state index in [1.807, 2.05) is 0 Å². The van der Waals surface area contributed by atoms with Gasteiger partial charge in [0.2, 0.25) is 0 Å². The number of nitrogens with zero attached hydrogens (tertiary/aromatic N) is 1. The minimum absolute atomic E-state index is 0.0931. The molecule has 0 spiro atoms. The number of alkyl halides is 2. The fourth-order valence-electron chi connectivity index (χ4n) is 0.906. The van der Waals surface area contributed by atoms with Gasteiger partial charge in [0.25, 0.3) is 0 Å². The number of rotatable bonds is 3. The molecule has 1 aromatic rings. The van der Waals surface area contributed by atoms with Gasteiger partial charge in [-0.25, -0.2) is 5.84 Å². The van der Waals surface area contributed by atoms with Crippen molar-refractivity contribution in [1.82, 2.24) is 0 Å². The maximum Gasteiger partial charge on any atom is 0.408 e. The molecule has 0 aromatic heterocycles. The van der Waals surface area contributed by atoms with Gasteiger partial charge in [0, 0.05) is 7.05 Å². The van der Waals surface area contributed by atoms with Crippen LogP contribution in [0.5, 0.6) is 5.75 Å². The predicted molar refractivity (Wildman–Crippen MR) is 54.3 cm³/mol. The molecule has 14 heavy (non-hydrogen) atoms. The van der Waals surface area contributed by atoms with Crippen molar-refractivity contribution in [3.8, 4) is 5.75 Å². The van der Waals surface area contributed by atoms with Crippen LogP contribution in [-0.2, 0) is 0 Å². The average Bonchev–Trinajstić information content (AvgIpc) is 2.02. The second kappa shape index (κ2) is 4.07. The summed E-state index contributed by atoms with van der Waals surface area (Å²) in [6.07, 6.45) is 0. The Kier molecular flexibility index (Phi) is 3.24. The first-order chi connectivity index (χ1) is 6.38. The molecule has 6 heteroatoms. The normalized spacial score (nSPS) is 11.2. The van der Waals surface area contributed by atoms with Crippen molar-refractivity contribution >= 4 is 14.9 Å². The maximum atomic E-state index is 12.4. The maximum absolute atomic E-state index is 12.4. The third-order valence-corrected chi connectivity index (χ3v) is 1.62. The monoisotopic (exact) mass is 220 g/mol. The Labute approximate surface area is 83.0 Å². The van der Waals surface area contributed by atoms with E-state index in [0.29, 0.717) is 5.69 Å². The molecule has 78 valence electrons. The predicted octanol–water partition coefficient (Wildman–Crippen LogP) is 1.80. The highest BCUT2D eigenvalue weighted by Crippen LogP contribution is 2.27. The lowest BCUT2D eigenvalue weighted by atomic mass is 10.3. The molecule has 0 bridgehead atoms. The van der Waals surface area contributed by atoms with Gasteiger partial charge >= 0.3 is 5.85 Å². The summed E-state index contributed by atoms with van der Waals surface area (Å²) >= 11 is 0. The molecule has 0 fully saturated rings. The van der Waals surface area contributed by atoms with Gasteiger partial charge in [-0.05, 0) is 33.5 Å². The van der Waals surface area contributed by atoms with Crippen LogP contribution in [0, 0.1) is 0 Å². The van der Waals surface area contributed by atoms with E-state index in [4.69, 9.17) is 5.84 Å². The van der Waals surface area contributed by atoms with Crippen molar-refractivity contribution in [3.63, 3.8) is 0 Å². The van der Waals surface area contributed by atoms with E-state index in [-0.39, 0.29) is 5.75 Å². The molecule has 0 aliphatic heterocycles. The van der Waals surface area contributed by atoms with E-state index >= 15 is 0 Å². The van der Waals surface area contributed by atoms with Crippen molar-refractivity contribution < 1.29 is 13.5 Å². The molecule has 1 unspecified atom stereocenters. The molecule has 2 N–H and O–H groups in total. The summed E-state index contributed by atoms with van der Waals surface area (Å²) in [6.45, 7) is 0. The topological polar surface area (TPSA) is 38.5 Å². The van der Waals surface area contributed by atoms with Crippen LogP contribution in [0.15, 0.2) is 24.3 Å². The second-order valence-electron chi connectivity index (χ2n) is 2.77. The van der Waals surface area contributed by atoms with E-state index in [0.717, 1.165) is 0 Å². The third kappa shape index (κ3) is 3.44. The molecule has 0 aliphatic rings. The highest BCUT2D eigenvalue weighted by molar-refractivity contribution is 7.17. The number of hydrogen-bond acceptors (Lipinski definition) is 3. The van der Waals surface area contributed by atoms with Crippen LogP contribution >= 0.6 is 9.24 Å². The standard InChI is InChI=1S/C8H11F2N2OP/c1-12(11)6-2-4-7(5-3-6)13-8(9,10)14/h2-5H,11,14H2,1H3. The third-order valence-electron chi connectivity index (χ3n) is 1.50. The van der Waals surface area contributed by atoms with Crippen molar-refractivity contribution in [2.24, 2.45) is 5.84 Å². The minimum atomic E-state index is -3.24. The zero-order valence-corrected chi connectivity index (χ0v) is 8.73. The Hall–Kier alpha value is -0.930. The van der Waals surface area contributed by atoms with Crippen LogP contribution in [-0.4, -0.2) is 12.9 Å². The number of ether oxygens (including phenoxy) is 1. The highest BCUT2D eigenvalue weighted by Gasteiger charge is 2.23. The lowest BCUT2D eigenvalue weighted by Crippen LogP contribution is -2.24. The van der Waals surface area contributed by atoms with Gasteiger partial charge in [0.1, 0.15) is 5.75 Å². The van der Waals surface area contributed by atoms with E-state index in [1.54, 1.807) is 19.2 Å². The van der Waals surface area contributed by atoms with Gasteiger partial charge in [-0.2, -0.15) is 8.78 Å². The molecule has 0 saturated carbocycles.